The van der Waals surface area contributed by atoms with Crippen LogP contribution in [0.15, 0.2) is 29.6 Å². The first kappa shape index (κ1) is 12.8. The minimum absolute atomic E-state index is 0. The Labute approximate surface area is 105 Å². The topological polar surface area (TPSA) is 48.1 Å². The maximum absolute atomic E-state index is 5.58. The number of halogens is 1. The van der Waals surface area contributed by atoms with Gasteiger partial charge in [-0.15, -0.1) is 23.7 Å². The minimum atomic E-state index is 0. The summed E-state index contributed by atoms with van der Waals surface area (Å²) in [4.78, 5) is 4.21. The number of anilines is 1. The number of nitrogens with two attached hydrogens (primary N) is 1. The van der Waals surface area contributed by atoms with Gasteiger partial charge in [0.25, 0.3) is 0 Å². The molecule has 0 atom stereocenters. The van der Waals surface area contributed by atoms with Crippen molar-refractivity contribution < 1.29 is 4.74 Å². The van der Waals surface area contributed by atoms with E-state index < -0.39 is 0 Å². The van der Waals surface area contributed by atoms with Crippen LogP contribution in [0.2, 0.25) is 0 Å². The second-order valence-electron chi connectivity index (χ2n) is 3.03. The summed E-state index contributed by atoms with van der Waals surface area (Å²) in [6, 6.07) is 7.85. The molecule has 0 radical (unpaired) electrons. The van der Waals surface area contributed by atoms with Gasteiger partial charge in [-0.2, -0.15) is 0 Å². The van der Waals surface area contributed by atoms with Gasteiger partial charge in [-0.3, -0.25) is 0 Å². The third-order valence-corrected chi connectivity index (χ3v) is 2.66. The number of thiazole rings is 1. The number of ether oxygens (including phenoxy) is 1. The SMILES string of the molecule is CCOc1ccc(-c2csc(N)n2)cc1.Cl. The zero-order valence-corrected chi connectivity index (χ0v) is 10.5. The smallest absolute Gasteiger partial charge is 0.180 e. The number of nitrogen functional groups attached to an aromatic ring is 1. The summed E-state index contributed by atoms with van der Waals surface area (Å²) in [5.41, 5.74) is 7.55. The third-order valence-electron chi connectivity index (χ3n) is 1.98. The summed E-state index contributed by atoms with van der Waals surface area (Å²) in [5.74, 6) is 0.879. The molecule has 2 aromatic rings. The Kier molecular flexibility index (Phi) is 4.58. The van der Waals surface area contributed by atoms with E-state index in [1.165, 1.54) is 11.3 Å². The Morgan fingerprint density at radius 3 is 2.50 bits per heavy atom. The van der Waals surface area contributed by atoms with Gasteiger partial charge in [-0.05, 0) is 31.2 Å². The molecule has 0 unspecified atom stereocenters. The zero-order valence-electron chi connectivity index (χ0n) is 8.84. The first-order valence-corrected chi connectivity index (χ1v) is 5.62. The van der Waals surface area contributed by atoms with Crippen LogP contribution in [0.25, 0.3) is 11.3 Å². The van der Waals surface area contributed by atoms with E-state index >= 15 is 0 Å². The van der Waals surface area contributed by atoms with E-state index in [0.29, 0.717) is 11.7 Å². The van der Waals surface area contributed by atoms with Crippen LogP contribution in [0, 0.1) is 0 Å². The maximum atomic E-state index is 5.58. The Balaban J connectivity index is 0.00000128. The quantitative estimate of drug-likeness (QED) is 0.917. The molecule has 0 saturated heterocycles. The fourth-order valence-corrected chi connectivity index (χ4v) is 1.88. The van der Waals surface area contributed by atoms with E-state index in [4.69, 9.17) is 10.5 Å². The minimum Gasteiger partial charge on any atom is -0.494 e. The van der Waals surface area contributed by atoms with Crippen LogP contribution in [-0.4, -0.2) is 11.6 Å². The van der Waals surface area contributed by atoms with Crippen LogP contribution in [-0.2, 0) is 0 Å². The predicted octanol–water partition coefficient (Wildman–Crippen LogP) is 3.21. The van der Waals surface area contributed by atoms with E-state index in [1.807, 2.05) is 36.6 Å². The van der Waals surface area contributed by atoms with E-state index in [2.05, 4.69) is 4.98 Å². The molecule has 1 heterocycles. The van der Waals surface area contributed by atoms with Gasteiger partial charge in [0.05, 0.1) is 12.3 Å². The molecule has 0 aliphatic carbocycles. The molecule has 0 amide bonds. The van der Waals surface area contributed by atoms with Crippen molar-refractivity contribution in [2.24, 2.45) is 0 Å². The summed E-state index contributed by atoms with van der Waals surface area (Å²) < 4.78 is 5.36. The summed E-state index contributed by atoms with van der Waals surface area (Å²) in [6.07, 6.45) is 0. The Morgan fingerprint density at radius 2 is 2.00 bits per heavy atom. The molecular weight excluding hydrogens is 244 g/mol. The number of hydrogen-bond donors (Lipinski definition) is 1. The molecule has 1 aromatic heterocycles. The summed E-state index contributed by atoms with van der Waals surface area (Å²) in [5, 5.41) is 2.55. The molecule has 0 aliphatic heterocycles. The van der Waals surface area contributed by atoms with Crippen molar-refractivity contribution in [2.75, 3.05) is 12.3 Å². The fourth-order valence-electron chi connectivity index (χ4n) is 1.31. The number of nitrogens with zero attached hydrogens (tertiary/aromatic N) is 1. The molecule has 5 heteroatoms. The lowest BCUT2D eigenvalue weighted by atomic mass is 10.2. The van der Waals surface area contributed by atoms with Crippen LogP contribution in [0.5, 0.6) is 5.75 Å². The van der Waals surface area contributed by atoms with E-state index in [-0.39, 0.29) is 12.4 Å². The Bertz CT molecular complexity index is 442. The van der Waals surface area contributed by atoms with Gasteiger partial charge >= 0.3 is 0 Å². The van der Waals surface area contributed by atoms with Crippen LogP contribution in [0.4, 0.5) is 5.13 Å². The van der Waals surface area contributed by atoms with E-state index in [0.717, 1.165) is 17.0 Å². The molecule has 2 rings (SSSR count). The lowest BCUT2D eigenvalue weighted by Crippen LogP contribution is -1.90. The van der Waals surface area contributed by atoms with Crippen molar-refractivity contribution in [1.29, 1.82) is 0 Å². The second-order valence-corrected chi connectivity index (χ2v) is 3.92. The van der Waals surface area contributed by atoms with Crippen molar-refractivity contribution >= 4 is 28.9 Å². The van der Waals surface area contributed by atoms with Crippen molar-refractivity contribution in [3.63, 3.8) is 0 Å². The van der Waals surface area contributed by atoms with Crippen molar-refractivity contribution in [3.05, 3.63) is 29.6 Å². The summed E-state index contributed by atoms with van der Waals surface area (Å²) >= 11 is 1.45. The molecular formula is C11H13ClN2OS. The average Bonchev–Trinajstić information content (AvgIpc) is 2.67. The average molecular weight is 257 g/mol. The number of hydrogen-bond acceptors (Lipinski definition) is 4. The fraction of sp³-hybridized carbons (Fsp3) is 0.182. The molecule has 86 valence electrons. The van der Waals surface area contributed by atoms with Gasteiger partial charge < -0.3 is 10.5 Å². The van der Waals surface area contributed by atoms with Crippen molar-refractivity contribution in [1.82, 2.24) is 4.98 Å². The van der Waals surface area contributed by atoms with Gasteiger partial charge in [-0.1, -0.05) is 0 Å². The van der Waals surface area contributed by atoms with Gasteiger partial charge in [0, 0.05) is 10.9 Å². The molecule has 0 bridgehead atoms. The summed E-state index contributed by atoms with van der Waals surface area (Å²) in [6.45, 7) is 2.65. The van der Waals surface area contributed by atoms with Crippen LogP contribution in [0.3, 0.4) is 0 Å². The van der Waals surface area contributed by atoms with Crippen molar-refractivity contribution in [3.8, 4) is 17.0 Å². The highest BCUT2D eigenvalue weighted by Gasteiger charge is 2.02. The second kappa shape index (κ2) is 5.72. The molecule has 0 saturated carbocycles. The van der Waals surface area contributed by atoms with Gasteiger partial charge in [0.2, 0.25) is 0 Å². The van der Waals surface area contributed by atoms with Crippen molar-refractivity contribution in [2.45, 2.75) is 6.92 Å². The van der Waals surface area contributed by atoms with E-state index in [1.54, 1.807) is 0 Å². The number of aromatic nitrogens is 1. The molecule has 3 nitrogen and oxygen atoms in total. The Morgan fingerprint density at radius 1 is 1.31 bits per heavy atom. The third kappa shape index (κ3) is 2.87. The molecule has 1 aromatic carbocycles. The zero-order chi connectivity index (χ0) is 10.7. The van der Waals surface area contributed by atoms with Gasteiger partial charge in [0.1, 0.15) is 5.75 Å². The molecule has 0 fully saturated rings. The van der Waals surface area contributed by atoms with Crippen LogP contribution in [0.1, 0.15) is 6.92 Å². The molecule has 2 N–H and O–H groups in total. The standard InChI is InChI=1S/C11H12N2OS.ClH/c1-2-14-9-5-3-8(4-6-9)10-7-15-11(12)13-10;/h3-7H,2H2,1H3,(H2,12,13);1H. The first-order valence-electron chi connectivity index (χ1n) is 4.74. The number of rotatable bonds is 3. The number of benzene rings is 1. The predicted molar refractivity (Wildman–Crippen MR) is 70.4 cm³/mol. The highest BCUT2D eigenvalue weighted by molar-refractivity contribution is 7.13. The lowest BCUT2D eigenvalue weighted by molar-refractivity contribution is 0.340. The largest absolute Gasteiger partial charge is 0.494 e. The highest BCUT2D eigenvalue weighted by Crippen LogP contribution is 2.24. The Hall–Kier alpha value is -1.26. The monoisotopic (exact) mass is 256 g/mol. The summed E-state index contributed by atoms with van der Waals surface area (Å²) in [7, 11) is 0. The highest BCUT2D eigenvalue weighted by atomic mass is 35.5. The van der Waals surface area contributed by atoms with E-state index in [9.17, 15) is 0 Å². The molecule has 16 heavy (non-hydrogen) atoms. The van der Waals surface area contributed by atoms with Crippen LogP contribution < -0.4 is 10.5 Å². The van der Waals surface area contributed by atoms with Crippen LogP contribution >= 0.6 is 23.7 Å². The first-order chi connectivity index (χ1) is 7.29. The normalized spacial score (nSPS) is 9.56. The van der Waals surface area contributed by atoms with Gasteiger partial charge in [-0.25, -0.2) is 4.98 Å². The van der Waals surface area contributed by atoms with Gasteiger partial charge in [0.15, 0.2) is 5.13 Å². The molecule has 0 aliphatic rings. The lowest BCUT2D eigenvalue weighted by Gasteiger charge is -2.02. The maximum Gasteiger partial charge on any atom is 0.180 e. The molecule has 0 spiro atoms.